The molecule has 0 radical (unpaired) electrons. The Bertz CT molecular complexity index is 1270. The molecule has 4 aromatic carbocycles. The summed E-state index contributed by atoms with van der Waals surface area (Å²) in [6, 6.07) is 21.2. The molecule has 0 fully saturated rings. The lowest BCUT2D eigenvalue weighted by atomic mass is 9.85. The minimum absolute atomic E-state index is 0.806. The second kappa shape index (κ2) is 4.82. The van der Waals surface area contributed by atoms with E-state index in [1.54, 1.807) is 6.08 Å². The lowest BCUT2D eigenvalue weighted by Gasteiger charge is -2.24. The summed E-state index contributed by atoms with van der Waals surface area (Å²) in [5, 5.41) is 25.5. The molecule has 0 aliphatic heterocycles. The van der Waals surface area contributed by atoms with E-state index in [0.717, 1.165) is 22.1 Å². The summed E-state index contributed by atoms with van der Waals surface area (Å²) in [4.78, 5) is 0. The first-order valence-corrected chi connectivity index (χ1v) is 8.90. The number of benzene rings is 4. The topological polar surface area (TPSA) is 40.5 Å². The zero-order valence-electron chi connectivity index (χ0n) is 14.0. The van der Waals surface area contributed by atoms with Gasteiger partial charge >= 0.3 is 0 Å². The highest BCUT2D eigenvalue weighted by atomic mass is 16.3. The average molecular weight is 336 g/mol. The maximum atomic E-state index is 10.6. The summed E-state index contributed by atoms with van der Waals surface area (Å²) < 4.78 is 0. The predicted octanol–water partition coefficient (Wildman–Crippen LogP) is 5.06. The van der Waals surface area contributed by atoms with Gasteiger partial charge in [-0.15, -0.1) is 0 Å². The number of fused-ring (bicyclic) bond motifs is 7. The van der Waals surface area contributed by atoms with E-state index in [4.69, 9.17) is 0 Å². The minimum Gasteiger partial charge on any atom is -0.386 e. The normalized spacial score (nSPS) is 19.8. The van der Waals surface area contributed by atoms with Crippen molar-refractivity contribution in [3.05, 3.63) is 77.9 Å². The Morgan fingerprint density at radius 2 is 1.50 bits per heavy atom. The fourth-order valence-electron chi connectivity index (χ4n) is 4.64. The number of aliphatic hydroxyl groups is 2. The van der Waals surface area contributed by atoms with E-state index in [-0.39, 0.29) is 0 Å². The lowest BCUT2D eigenvalue weighted by molar-refractivity contribution is 0.0471. The van der Waals surface area contributed by atoms with Crippen molar-refractivity contribution in [1.29, 1.82) is 0 Å². The zero-order chi connectivity index (χ0) is 17.4. The third-order valence-electron chi connectivity index (χ3n) is 5.81. The Morgan fingerprint density at radius 1 is 0.731 bits per heavy atom. The van der Waals surface area contributed by atoms with Crippen molar-refractivity contribution in [2.75, 3.05) is 0 Å². The molecule has 26 heavy (non-hydrogen) atoms. The summed E-state index contributed by atoms with van der Waals surface area (Å²) in [6.07, 6.45) is 1.89. The van der Waals surface area contributed by atoms with E-state index in [0.29, 0.717) is 0 Å². The van der Waals surface area contributed by atoms with E-state index in [1.807, 2.05) is 6.08 Å². The van der Waals surface area contributed by atoms with Gasteiger partial charge in [0.25, 0.3) is 0 Å². The van der Waals surface area contributed by atoms with Gasteiger partial charge in [-0.05, 0) is 67.1 Å². The monoisotopic (exact) mass is 336 g/mol. The Hall–Kier alpha value is -2.94. The summed E-state index contributed by atoms with van der Waals surface area (Å²) in [5.74, 6) is 0. The van der Waals surface area contributed by atoms with Crippen LogP contribution in [0, 0.1) is 0 Å². The van der Waals surface area contributed by atoms with Crippen molar-refractivity contribution >= 4 is 27.6 Å². The number of rotatable bonds is 0. The maximum Gasteiger partial charge on any atom is 0.109 e. The molecule has 0 aromatic heterocycles. The number of hydrogen-bond donors (Lipinski definition) is 2. The SMILES string of the molecule is O[C@@H]1C=Cc2c(cc3c4c(c5ccccc5cc24)-c2ccccc2-3)[C@H]1O. The fraction of sp³-hybridized carbons (Fsp3) is 0.0833. The van der Waals surface area contributed by atoms with Crippen molar-refractivity contribution in [1.82, 2.24) is 0 Å². The Labute approximate surface area is 150 Å². The van der Waals surface area contributed by atoms with Crippen LogP contribution in [0.25, 0.3) is 49.9 Å². The summed E-state index contributed by atoms with van der Waals surface area (Å²) in [6.45, 7) is 0. The van der Waals surface area contributed by atoms with E-state index in [2.05, 4.69) is 60.7 Å². The van der Waals surface area contributed by atoms with E-state index in [1.165, 1.54) is 32.8 Å². The first kappa shape index (κ1) is 14.3. The molecule has 2 atom stereocenters. The molecule has 2 aliphatic rings. The molecule has 4 aromatic rings. The molecule has 0 unspecified atom stereocenters. The molecule has 6 rings (SSSR count). The lowest BCUT2D eigenvalue weighted by Crippen LogP contribution is -2.19. The van der Waals surface area contributed by atoms with E-state index in [9.17, 15) is 10.2 Å². The molecule has 2 aliphatic carbocycles. The quantitative estimate of drug-likeness (QED) is 0.388. The molecular formula is C24H16O2. The number of aliphatic hydroxyl groups excluding tert-OH is 2. The van der Waals surface area contributed by atoms with Crippen molar-refractivity contribution in [3.63, 3.8) is 0 Å². The molecule has 0 heterocycles. The standard InChI is InChI=1S/C24H16O2/c25-21-10-9-16-18-11-13-5-1-2-6-14(13)22-17-8-4-3-7-15(17)19(23(18)22)12-20(16)24(21)26/h1-12,21,24-26H/t21-,24-/m1/s1. The third kappa shape index (κ3) is 1.63. The Kier molecular flexibility index (Phi) is 2.64. The Morgan fingerprint density at radius 3 is 2.38 bits per heavy atom. The van der Waals surface area contributed by atoms with Gasteiger partial charge in [-0.25, -0.2) is 0 Å². The molecule has 0 bridgehead atoms. The van der Waals surface area contributed by atoms with Crippen LogP contribution in [-0.2, 0) is 0 Å². The largest absolute Gasteiger partial charge is 0.386 e. The van der Waals surface area contributed by atoms with E-state index >= 15 is 0 Å². The highest BCUT2D eigenvalue weighted by Gasteiger charge is 2.30. The van der Waals surface area contributed by atoms with Gasteiger partial charge in [-0.1, -0.05) is 60.7 Å². The van der Waals surface area contributed by atoms with Gasteiger partial charge in [0.15, 0.2) is 0 Å². The van der Waals surface area contributed by atoms with Gasteiger partial charge in [0.1, 0.15) is 12.2 Å². The van der Waals surface area contributed by atoms with Gasteiger partial charge < -0.3 is 10.2 Å². The fourth-order valence-corrected chi connectivity index (χ4v) is 4.64. The van der Waals surface area contributed by atoms with Gasteiger partial charge in [-0.2, -0.15) is 0 Å². The second-order valence-corrected chi connectivity index (χ2v) is 7.16. The van der Waals surface area contributed by atoms with Crippen LogP contribution < -0.4 is 0 Å². The van der Waals surface area contributed by atoms with Gasteiger partial charge in [0, 0.05) is 0 Å². The zero-order valence-corrected chi connectivity index (χ0v) is 14.0. The van der Waals surface area contributed by atoms with Crippen LogP contribution in [0.2, 0.25) is 0 Å². The highest BCUT2D eigenvalue weighted by Crippen LogP contribution is 2.52. The molecule has 124 valence electrons. The molecule has 0 saturated carbocycles. The molecule has 0 saturated heterocycles. The van der Waals surface area contributed by atoms with Gasteiger partial charge in [0.05, 0.1) is 0 Å². The first-order chi connectivity index (χ1) is 12.7. The molecule has 0 amide bonds. The van der Waals surface area contributed by atoms with Gasteiger partial charge in [-0.3, -0.25) is 0 Å². The second-order valence-electron chi connectivity index (χ2n) is 7.16. The number of hydrogen-bond acceptors (Lipinski definition) is 2. The Balaban J connectivity index is 1.90. The first-order valence-electron chi connectivity index (χ1n) is 8.90. The average Bonchev–Trinajstić information content (AvgIpc) is 3.01. The minimum atomic E-state index is -0.890. The predicted molar refractivity (Wildman–Crippen MR) is 106 cm³/mol. The van der Waals surface area contributed by atoms with Crippen molar-refractivity contribution < 1.29 is 10.2 Å². The van der Waals surface area contributed by atoms with Crippen LogP contribution in [0.15, 0.2) is 66.7 Å². The van der Waals surface area contributed by atoms with Crippen LogP contribution in [0.4, 0.5) is 0 Å². The highest BCUT2D eigenvalue weighted by molar-refractivity contribution is 6.25. The molecule has 2 nitrogen and oxygen atoms in total. The summed E-state index contributed by atoms with van der Waals surface area (Å²) in [5.41, 5.74) is 6.69. The molecular weight excluding hydrogens is 320 g/mol. The summed E-state index contributed by atoms with van der Waals surface area (Å²) in [7, 11) is 0. The van der Waals surface area contributed by atoms with Crippen LogP contribution in [-0.4, -0.2) is 16.3 Å². The van der Waals surface area contributed by atoms with Crippen LogP contribution in [0.3, 0.4) is 0 Å². The van der Waals surface area contributed by atoms with Crippen LogP contribution in [0.5, 0.6) is 0 Å². The maximum absolute atomic E-state index is 10.6. The molecule has 2 N–H and O–H groups in total. The van der Waals surface area contributed by atoms with Crippen molar-refractivity contribution in [3.8, 4) is 22.3 Å². The smallest absolute Gasteiger partial charge is 0.109 e. The van der Waals surface area contributed by atoms with Crippen molar-refractivity contribution in [2.45, 2.75) is 12.2 Å². The molecule has 2 heteroatoms. The van der Waals surface area contributed by atoms with Crippen molar-refractivity contribution in [2.24, 2.45) is 0 Å². The third-order valence-corrected chi connectivity index (χ3v) is 5.81. The van der Waals surface area contributed by atoms with Gasteiger partial charge in [0.2, 0.25) is 0 Å². The van der Waals surface area contributed by atoms with E-state index < -0.39 is 12.2 Å². The van der Waals surface area contributed by atoms with Crippen LogP contribution >= 0.6 is 0 Å². The van der Waals surface area contributed by atoms with Crippen LogP contribution in [0.1, 0.15) is 17.2 Å². The summed E-state index contributed by atoms with van der Waals surface area (Å²) >= 11 is 0. The molecule has 0 spiro atoms.